The van der Waals surface area contributed by atoms with E-state index in [9.17, 15) is 4.79 Å². The number of hydrogen-bond donors (Lipinski definition) is 0. The first-order valence-electron chi connectivity index (χ1n) is 5.89. The molecule has 2 rings (SSSR count). The number of aldehydes is 1. The zero-order valence-electron chi connectivity index (χ0n) is 10.8. The van der Waals surface area contributed by atoms with Gasteiger partial charge in [-0.1, -0.05) is 0 Å². The maximum Gasteiger partial charge on any atom is 0.170 e. The van der Waals surface area contributed by atoms with Gasteiger partial charge in [0.1, 0.15) is 17.3 Å². The molecule has 0 aliphatic carbocycles. The molecule has 0 bridgehead atoms. The topological polar surface area (TPSA) is 44.1 Å². The molecule has 0 N–H and O–H groups in total. The summed E-state index contributed by atoms with van der Waals surface area (Å²) in [7, 11) is 1.90. The van der Waals surface area contributed by atoms with Crippen LogP contribution in [0, 0.1) is 6.92 Å². The number of carbonyl (C=O) groups excluding carboxylic acids is 1. The first kappa shape index (κ1) is 12.4. The summed E-state index contributed by atoms with van der Waals surface area (Å²) < 4.78 is 7.31. The summed E-state index contributed by atoms with van der Waals surface area (Å²) in [5, 5.41) is 0. The second kappa shape index (κ2) is 5.04. The van der Waals surface area contributed by atoms with E-state index in [0.717, 1.165) is 29.1 Å². The Kier molecular flexibility index (Phi) is 3.46. The maximum atomic E-state index is 11.0. The van der Waals surface area contributed by atoms with Crippen LogP contribution in [0.4, 0.5) is 0 Å². The van der Waals surface area contributed by atoms with Gasteiger partial charge in [0.25, 0.3) is 0 Å². The molecule has 0 fully saturated rings. The molecule has 0 aliphatic rings. The van der Waals surface area contributed by atoms with Crippen molar-refractivity contribution in [1.29, 1.82) is 0 Å². The van der Waals surface area contributed by atoms with Gasteiger partial charge in [-0.05, 0) is 38.1 Å². The molecule has 4 nitrogen and oxygen atoms in total. The first-order valence-corrected chi connectivity index (χ1v) is 5.89. The van der Waals surface area contributed by atoms with Gasteiger partial charge in [0.05, 0.1) is 12.3 Å². The van der Waals surface area contributed by atoms with Gasteiger partial charge in [-0.2, -0.15) is 0 Å². The zero-order valence-corrected chi connectivity index (χ0v) is 10.8. The van der Waals surface area contributed by atoms with E-state index in [4.69, 9.17) is 4.74 Å². The Morgan fingerprint density at radius 1 is 1.33 bits per heavy atom. The molecule has 1 aromatic carbocycles. The largest absolute Gasteiger partial charge is 0.494 e. The Morgan fingerprint density at radius 3 is 2.56 bits per heavy atom. The van der Waals surface area contributed by atoms with Crippen LogP contribution in [-0.4, -0.2) is 22.4 Å². The minimum absolute atomic E-state index is 0.471. The van der Waals surface area contributed by atoms with Crippen LogP contribution in [0.3, 0.4) is 0 Å². The fraction of sp³-hybridized carbons (Fsp3) is 0.286. The number of imidazole rings is 1. The molecular weight excluding hydrogens is 228 g/mol. The molecule has 18 heavy (non-hydrogen) atoms. The lowest BCUT2D eigenvalue weighted by atomic mass is 10.1. The molecule has 0 aliphatic heterocycles. The van der Waals surface area contributed by atoms with Crippen molar-refractivity contribution in [3.8, 4) is 17.0 Å². The van der Waals surface area contributed by atoms with Crippen molar-refractivity contribution < 1.29 is 9.53 Å². The summed E-state index contributed by atoms with van der Waals surface area (Å²) in [6.07, 6.45) is 0.790. The summed E-state index contributed by atoms with van der Waals surface area (Å²) >= 11 is 0. The van der Waals surface area contributed by atoms with Gasteiger partial charge in [-0.25, -0.2) is 4.98 Å². The molecule has 94 valence electrons. The third-order valence-corrected chi connectivity index (χ3v) is 2.90. The molecule has 0 saturated carbocycles. The second-order valence-corrected chi connectivity index (χ2v) is 4.03. The van der Waals surface area contributed by atoms with E-state index in [1.807, 2.05) is 49.7 Å². The van der Waals surface area contributed by atoms with Crippen molar-refractivity contribution >= 4 is 6.29 Å². The Morgan fingerprint density at radius 2 is 2.00 bits per heavy atom. The molecular formula is C14H16N2O2. The second-order valence-electron chi connectivity index (χ2n) is 4.03. The highest BCUT2D eigenvalue weighted by Gasteiger charge is 2.13. The highest BCUT2D eigenvalue weighted by molar-refractivity contribution is 5.84. The number of aryl methyl sites for hydroxylation is 1. The lowest BCUT2D eigenvalue weighted by molar-refractivity contribution is 0.112. The van der Waals surface area contributed by atoms with Crippen LogP contribution >= 0.6 is 0 Å². The minimum Gasteiger partial charge on any atom is -0.494 e. The molecule has 0 spiro atoms. The molecule has 1 heterocycles. The van der Waals surface area contributed by atoms with E-state index in [1.54, 1.807) is 0 Å². The van der Waals surface area contributed by atoms with Gasteiger partial charge in [0, 0.05) is 12.6 Å². The number of benzene rings is 1. The minimum atomic E-state index is 0.471. The van der Waals surface area contributed by atoms with E-state index in [2.05, 4.69) is 4.98 Å². The highest BCUT2D eigenvalue weighted by Crippen LogP contribution is 2.25. The number of nitrogens with zero attached hydrogens (tertiary/aromatic N) is 2. The van der Waals surface area contributed by atoms with E-state index < -0.39 is 0 Å². The maximum absolute atomic E-state index is 11.0. The third kappa shape index (κ3) is 2.14. The average Bonchev–Trinajstić information content (AvgIpc) is 2.67. The van der Waals surface area contributed by atoms with Crippen LogP contribution in [0.25, 0.3) is 11.3 Å². The van der Waals surface area contributed by atoms with E-state index in [1.165, 1.54) is 0 Å². The van der Waals surface area contributed by atoms with Gasteiger partial charge in [0.15, 0.2) is 6.29 Å². The molecule has 1 aromatic heterocycles. The van der Waals surface area contributed by atoms with Crippen molar-refractivity contribution in [3.63, 3.8) is 0 Å². The van der Waals surface area contributed by atoms with E-state index in [0.29, 0.717) is 12.3 Å². The van der Waals surface area contributed by atoms with Crippen molar-refractivity contribution in [3.05, 3.63) is 35.8 Å². The van der Waals surface area contributed by atoms with Crippen molar-refractivity contribution in [2.45, 2.75) is 13.8 Å². The lowest BCUT2D eigenvalue weighted by Gasteiger charge is -2.07. The number of ether oxygens (including phenoxy) is 1. The van der Waals surface area contributed by atoms with Crippen molar-refractivity contribution in [1.82, 2.24) is 9.55 Å². The molecule has 2 aromatic rings. The molecule has 0 saturated heterocycles. The van der Waals surface area contributed by atoms with Crippen LogP contribution in [0.2, 0.25) is 0 Å². The monoisotopic (exact) mass is 244 g/mol. The SMILES string of the molecule is CCOc1ccc(-c2c(C=O)nc(C)n2C)cc1. The number of rotatable bonds is 4. The van der Waals surface area contributed by atoms with Crippen LogP contribution in [0.15, 0.2) is 24.3 Å². The predicted octanol–water partition coefficient (Wildman–Crippen LogP) is 2.61. The van der Waals surface area contributed by atoms with Gasteiger partial charge < -0.3 is 9.30 Å². The van der Waals surface area contributed by atoms with Crippen LogP contribution in [-0.2, 0) is 7.05 Å². The number of carbonyl (C=O) groups is 1. The quantitative estimate of drug-likeness (QED) is 0.776. The number of hydrogen-bond acceptors (Lipinski definition) is 3. The van der Waals surface area contributed by atoms with Crippen LogP contribution in [0.5, 0.6) is 5.75 Å². The third-order valence-electron chi connectivity index (χ3n) is 2.90. The van der Waals surface area contributed by atoms with E-state index >= 15 is 0 Å². The van der Waals surface area contributed by atoms with Crippen LogP contribution < -0.4 is 4.74 Å². The zero-order chi connectivity index (χ0) is 13.1. The Labute approximate surface area is 106 Å². The van der Waals surface area contributed by atoms with Gasteiger partial charge in [-0.3, -0.25) is 4.79 Å². The lowest BCUT2D eigenvalue weighted by Crippen LogP contribution is -1.96. The Hall–Kier alpha value is -2.10. The van der Waals surface area contributed by atoms with Crippen LogP contribution in [0.1, 0.15) is 23.2 Å². The Balaban J connectivity index is 2.45. The Bertz CT molecular complexity index is 556. The molecule has 4 heteroatoms. The smallest absolute Gasteiger partial charge is 0.170 e. The first-order chi connectivity index (χ1) is 8.67. The standard InChI is InChI=1S/C14H16N2O2/c1-4-18-12-7-5-11(6-8-12)14-13(9-17)15-10(2)16(14)3/h5-9H,4H2,1-3H3. The fourth-order valence-corrected chi connectivity index (χ4v) is 1.94. The van der Waals surface area contributed by atoms with Crippen molar-refractivity contribution in [2.75, 3.05) is 6.61 Å². The number of aromatic nitrogens is 2. The van der Waals surface area contributed by atoms with Gasteiger partial charge in [0.2, 0.25) is 0 Å². The van der Waals surface area contributed by atoms with E-state index in [-0.39, 0.29) is 0 Å². The normalized spacial score (nSPS) is 10.4. The average molecular weight is 244 g/mol. The highest BCUT2D eigenvalue weighted by atomic mass is 16.5. The molecule has 0 atom stereocenters. The molecule has 0 amide bonds. The fourth-order valence-electron chi connectivity index (χ4n) is 1.94. The summed E-state index contributed by atoms with van der Waals surface area (Å²) in [5.41, 5.74) is 2.27. The summed E-state index contributed by atoms with van der Waals surface area (Å²) in [4.78, 5) is 15.3. The molecule has 0 unspecified atom stereocenters. The van der Waals surface area contributed by atoms with Crippen molar-refractivity contribution in [2.24, 2.45) is 7.05 Å². The van der Waals surface area contributed by atoms with Gasteiger partial charge in [-0.15, -0.1) is 0 Å². The van der Waals surface area contributed by atoms with Gasteiger partial charge >= 0.3 is 0 Å². The summed E-state index contributed by atoms with van der Waals surface area (Å²) in [6, 6.07) is 7.67. The molecule has 0 radical (unpaired) electrons. The summed E-state index contributed by atoms with van der Waals surface area (Å²) in [5.74, 6) is 1.65. The summed E-state index contributed by atoms with van der Waals surface area (Å²) in [6.45, 7) is 4.47. The predicted molar refractivity (Wildman–Crippen MR) is 69.9 cm³/mol.